The van der Waals surface area contributed by atoms with E-state index >= 15 is 0 Å². The van der Waals surface area contributed by atoms with E-state index < -0.39 is 0 Å². The lowest BCUT2D eigenvalue weighted by Gasteiger charge is -2.15. The van der Waals surface area contributed by atoms with Gasteiger partial charge in [-0.3, -0.25) is 4.79 Å². The van der Waals surface area contributed by atoms with Crippen molar-refractivity contribution in [3.8, 4) is 0 Å². The maximum atomic E-state index is 11.3. The number of carbonyl (C=O) groups is 1. The van der Waals surface area contributed by atoms with Crippen LogP contribution < -0.4 is 0 Å². The molecule has 0 aliphatic heterocycles. The maximum absolute atomic E-state index is 11.3. The Bertz CT molecular complexity index is 804. The molecule has 5 nitrogen and oxygen atoms in total. The summed E-state index contributed by atoms with van der Waals surface area (Å²) in [4.78, 5) is 20.4. The molecule has 0 unspecified atom stereocenters. The van der Waals surface area contributed by atoms with E-state index in [4.69, 9.17) is 4.42 Å². The van der Waals surface area contributed by atoms with Gasteiger partial charge in [-0.25, -0.2) is 4.98 Å². The average molecular weight is 311 g/mol. The molecule has 1 N–H and O–H groups in total. The SMILES string of the molecule is CCc1cccc2c(CCN(C=O)Cc3cnc(C)o3)c[nH]c12. The molecule has 2 aromatic heterocycles. The average Bonchev–Trinajstić information content (AvgIpc) is 3.17. The van der Waals surface area contributed by atoms with E-state index in [1.165, 1.54) is 22.0 Å². The molecule has 120 valence electrons. The van der Waals surface area contributed by atoms with Crippen LogP contribution in [0.4, 0.5) is 0 Å². The van der Waals surface area contributed by atoms with Crippen LogP contribution in [0.2, 0.25) is 0 Å². The van der Waals surface area contributed by atoms with Gasteiger partial charge in [0.15, 0.2) is 5.89 Å². The number of hydrogen-bond acceptors (Lipinski definition) is 3. The summed E-state index contributed by atoms with van der Waals surface area (Å²) in [5, 5.41) is 1.24. The van der Waals surface area contributed by atoms with Crippen molar-refractivity contribution in [3.05, 3.63) is 53.4 Å². The molecule has 2 heterocycles. The number of hydrogen-bond donors (Lipinski definition) is 1. The summed E-state index contributed by atoms with van der Waals surface area (Å²) in [7, 11) is 0. The molecule has 0 saturated carbocycles. The summed E-state index contributed by atoms with van der Waals surface area (Å²) >= 11 is 0. The van der Waals surface area contributed by atoms with Gasteiger partial charge >= 0.3 is 0 Å². The van der Waals surface area contributed by atoms with Gasteiger partial charge in [-0.1, -0.05) is 25.1 Å². The van der Waals surface area contributed by atoms with Gasteiger partial charge in [-0.15, -0.1) is 0 Å². The third-order valence-corrected chi connectivity index (χ3v) is 4.11. The fourth-order valence-corrected chi connectivity index (χ4v) is 2.89. The van der Waals surface area contributed by atoms with Gasteiger partial charge in [0.25, 0.3) is 0 Å². The highest BCUT2D eigenvalue weighted by Crippen LogP contribution is 2.22. The van der Waals surface area contributed by atoms with Gasteiger partial charge in [-0.05, 0) is 24.0 Å². The second kappa shape index (κ2) is 6.69. The molecular formula is C18H21N3O2. The zero-order chi connectivity index (χ0) is 16.2. The first-order valence-corrected chi connectivity index (χ1v) is 7.89. The van der Waals surface area contributed by atoms with Gasteiger partial charge in [0, 0.05) is 30.6 Å². The van der Waals surface area contributed by atoms with Gasteiger partial charge in [0.2, 0.25) is 6.41 Å². The van der Waals surface area contributed by atoms with Crippen molar-refractivity contribution in [1.29, 1.82) is 0 Å². The summed E-state index contributed by atoms with van der Waals surface area (Å²) in [6.07, 6.45) is 6.39. The second-order valence-corrected chi connectivity index (χ2v) is 5.68. The highest BCUT2D eigenvalue weighted by Gasteiger charge is 2.10. The summed E-state index contributed by atoms with van der Waals surface area (Å²) < 4.78 is 5.44. The van der Waals surface area contributed by atoms with Crippen LogP contribution in [0.1, 0.15) is 29.7 Å². The summed E-state index contributed by atoms with van der Waals surface area (Å²) in [6.45, 7) is 5.05. The third-order valence-electron chi connectivity index (χ3n) is 4.11. The molecular weight excluding hydrogens is 290 g/mol. The van der Waals surface area contributed by atoms with Gasteiger partial charge < -0.3 is 14.3 Å². The van der Waals surface area contributed by atoms with Crippen molar-refractivity contribution in [3.63, 3.8) is 0 Å². The van der Waals surface area contributed by atoms with Gasteiger partial charge in [0.05, 0.1) is 12.7 Å². The zero-order valence-corrected chi connectivity index (χ0v) is 13.5. The fourth-order valence-electron chi connectivity index (χ4n) is 2.89. The van der Waals surface area contributed by atoms with Crippen LogP contribution in [0.15, 0.2) is 35.0 Å². The quantitative estimate of drug-likeness (QED) is 0.681. The van der Waals surface area contributed by atoms with Crippen LogP contribution >= 0.6 is 0 Å². The Hall–Kier alpha value is -2.56. The minimum absolute atomic E-state index is 0.451. The number of aromatic amines is 1. The van der Waals surface area contributed by atoms with E-state index in [2.05, 4.69) is 35.1 Å². The van der Waals surface area contributed by atoms with Crippen LogP contribution in [-0.2, 0) is 24.2 Å². The van der Waals surface area contributed by atoms with Crippen LogP contribution in [0.25, 0.3) is 10.9 Å². The van der Waals surface area contributed by atoms with E-state index in [9.17, 15) is 4.79 Å². The third kappa shape index (κ3) is 3.28. The number of para-hydroxylation sites is 1. The molecule has 1 amide bonds. The number of H-pyrrole nitrogens is 1. The molecule has 3 rings (SSSR count). The molecule has 0 aliphatic carbocycles. The molecule has 0 saturated heterocycles. The number of fused-ring (bicyclic) bond motifs is 1. The molecule has 0 spiro atoms. The summed E-state index contributed by atoms with van der Waals surface area (Å²) in [6, 6.07) is 6.37. The normalized spacial score (nSPS) is 11.0. The Morgan fingerprint density at radius 2 is 2.22 bits per heavy atom. The van der Waals surface area contributed by atoms with Crippen molar-refractivity contribution in [2.45, 2.75) is 33.2 Å². The van der Waals surface area contributed by atoms with Crippen molar-refractivity contribution in [1.82, 2.24) is 14.9 Å². The number of rotatable bonds is 7. The zero-order valence-electron chi connectivity index (χ0n) is 13.5. The standard InChI is InChI=1S/C18H21N3O2/c1-3-14-5-4-6-17-15(9-20-18(14)17)7-8-21(12-22)11-16-10-19-13(2)23-16/h4-6,9-10,12,20H,3,7-8,11H2,1-2H3. The van der Waals surface area contributed by atoms with Crippen molar-refractivity contribution in [2.24, 2.45) is 0 Å². The minimum atomic E-state index is 0.451. The van der Waals surface area contributed by atoms with Gasteiger partial charge in [-0.2, -0.15) is 0 Å². The summed E-state index contributed by atoms with van der Waals surface area (Å²) in [5.74, 6) is 1.33. The summed E-state index contributed by atoms with van der Waals surface area (Å²) in [5.41, 5.74) is 3.75. The molecule has 0 atom stereocenters. The number of oxazole rings is 1. The van der Waals surface area contributed by atoms with Crippen molar-refractivity contribution in [2.75, 3.05) is 6.54 Å². The minimum Gasteiger partial charge on any atom is -0.444 e. The maximum Gasteiger partial charge on any atom is 0.210 e. The van der Waals surface area contributed by atoms with E-state index in [1.54, 1.807) is 18.0 Å². The fraction of sp³-hybridized carbons (Fsp3) is 0.333. The number of amides is 1. The number of aryl methyl sites for hydroxylation is 2. The van der Waals surface area contributed by atoms with E-state index in [-0.39, 0.29) is 0 Å². The lowest BCUT2D eigenvalue weighted by molar-refractivity contribution is -0.118. The Labute approximate surface area is 135 Å². The number of nitrogens with one attached hydrogen (secondary N) is 1. The topological polar surface area (TPSA) is 62.1 Å². The van der Waals surface area contributed by atoms with Crippen LogP contribution in [0, 0.1) is 6.92 Å². The van der Waals surface area contributed by atoms with E-state index in [0.717, 1.165) is 19.3 Å². The molecule has 1 aromatic carbocycles. The molecule has 0 radical (unpaired) electrons. The first-order valence-electron chi connectivity index (χ1n) is 7.89. The molecule has 0 bridgehead atoms. The molecule has 5 heteroatoms. The number of benzene rings is 1. The number of carbonyl (C=O) groups excluding carboxylic acids is 1. The van der Waals surface area contributed by atoms with Gasteiger partial charge in [0.1, 0.15) is 5.76 Å². The van der Waals surface area contributed by atoms with Crippen LogP contribution in [-0.4, -0.2) is 27.8 Å². The van der Waals surface area contributed by atoms with E-state index in [0.29, 0.717) is 24.7 Å². The first-order chi connectivity index (χ1) is 11.2. The first kappa shape index (κ1) is 15.3. The Morgan fingerprint density at radius 3 is 2.91 bits per heavy atom. The molecule has 3 aromatic rings. The van der Waals surface area contributed by atoms with Crippen LogP contribution in [0.5, 0.6) is 0 Å². The predicted octanol–water partition coefficient (Wildman–Crippen LogP) is 3.23. The lowest BCUT2D eigenvalue weighted by Crippen LogP contribution is -2.23. The second-order valence-electron chi connectivity index (χ2n) is 5.68. The Morgan fingerprint density at radius 1 is 1.35 bits per heavy atom. The number of aromatic nitrogens is 2. The molecule has 0 aliphatic rings. The van der Waals surface area contributed by atoms with Crippen molar-refractivity contribution >= 4 is 17.3 Å². The molecule has 23 heavy (non-hydrogen) atoms. The Balaban J connectivity index is 1.70. The van der Waals surface area contributed by atoms with Crippen LogP contribution in [0.3, 0.4) is 0 Å². The number of nitrogens with zero attached hydrogens (tertiary/aromatic N) is 2. The monoisotopic (exact) mass is 311 g/mol. The highest BCUT2D eigenvalue weighted by atomic mass is 16.4. The molecule has 0 fully saturated rings. The Kier molecular flexibility index (Phi) is 4.46. The van der Waals surface area contributed by atoms with Crippen molar-refractivity contribution < 1.29 is 9.21 Å². The largest absolute Gasteiger partial charge is 0.444 e. The highest BCUT2D eigenvalue weighted by molar-refractivity contribution is 5.86. The lowest BCUT2D eigenvalue weighted by atomic mass is 10.1. The van der Waals surface area contributed by atoms with E-state index in [1.807, 2.05) is 6.20 Å². The predicted molar refractivity (Wildman–Crippen MR) is 89.1 cm³/mol. The smallest absolute Gasteiger partial charge is 0.210 e.